The molecule has 1 amide bonds. The van der Waals surface area contributed by atoms with E-state index in [9.17, 15) is 18.0 Å². The van der Waals surface area contributed by atoms with Crippen molar-refractivity contribution in [3.8, 4) is 11.5 Å². The molecule has 1 aliphatic carbocycles. The third kappa shape index (κ3) is 4.71. The summed E-state index contributed by atoms with van der Waals surface area (Å²) in [5, 5.41) is 8.77. The summed E-state index contributed by atoms with van der Waals surface area (Å²) in [6.07, 6.45) is 2.21. The number of ether oxygens (including phenoxy) is 2. The topological polar surface area (TPSA) is 110 Å². The monoisotopic (exact) mass is 397 g/mol. The van der Waals surface area contributed by atoms with E-state index >= 15 is 0 Å². The van der Waals surface area contributed by atoms with E-state index in [1.807, 2.05) is 0 Å². The van der Waals surface area contributed by atoms with Crippen molar-refractivity contribution >= 4 is 21.7 Å². The molecule has 1 saturated heterocycles. The Morgan fingerprint density at radius 1 is 1.15 bits per heavy atom. The van der Waals surface area contributed by atoms with Gasteiger partial charge < -0.3 is 19.5 Å². The molecule has 1 heterocycles. The number of nitrogens with zero attached hydrogens (tertiary/aromatic N) is 1. The molecule has 8 nitrogen and oxygen atoms in total. The van der Waals surface area contributed by atoms with Crippen molar-refractivity contribution in [2.24, 2.45) is 0 Å². The molecule has 1 aromatic carbocycles. The van der Waals surface area contributed by atoms with Crippen molar-refractivity contribution in [1.82, 2.24) is 4.90 Å². The first-order valence-corrected chi connectivity index (χ1v) is 10.8. The molecule has 2 aliphatic rings. The number of benzene rings is 1. The van der Waals surface area contributed by atoms with Gasteiger partial charge in [-0.2, -0.15) is 0 Å². The Morgan fingerprint density at radius 2 is 1.89 bits per heavy atom. The van der Waals surface area contributed by atoms with Crippen molar-refractivity contribution in [1.29, 1.82) is 0 Å². The molecular formula is C18H23NO7S. The Morgan fingerprint density at radius 3 is 2.44 bits per heavy atom. The van der Waals surface area contributed by atoms with Crippen LogP contribution in [0.5, 0.6) is 11.5 Å². The minimum Gasteiger partial charge on any atom is -0.490 e. The average Bonchev–Trinajstić information content (AvgIpc) is 3.37. The third-order valence-corrected chi connectivity index (χ3v) is 6.37. The minimum atomic E-state index is -3.10. The van der Waals surface area contributed by atoms with E-state index in [1.165, 1.54) is 12.1 Å². The lowest BCUT2D eigenvalue weighted by Crippen LogP contribution is -2.42. The first-order chi connectivity index (χ1) is 12.8. The van der Waals surface area contributed by atoms with E-state index < -0.39 is 22.4 Å². The molecule has 148 valence electrons. The first-order valence-electron chi connectivity index (χ1n) is 8.95. The van der Waals surface area contributed by atoms with Gasteiger partial charge in [0.05, 0.1) is 18.1 Å². The summed E-state index contributed by atoms with van der Waals surface area (Å²) in [5.74, 6) is -0.685. The number of aliphatic carboxylic acids is 1. The van der Waals surface area contributed by atoms with E-state index in [1.54, 1.807) is 17.9 Å². The van der Waals surface area contributed by atoms with E-state index in [-0.39, 0.29) is 35.2 Å². The molecule has 1 aromatic rings. The van der Waals surface area contributed by atoms with Gasteiger partial charge in [-0.15, -0.1) is 0 Å². The standard InChI is InChI=1S/C18H23NO7S/c1-2-25-16-9-12(3-6-15(16)26-10-17(20)21)18(22)19(13-4-5-13)14-7-8-27(23,24)11-14/h3,6,9,13-14H,2,4-5,7-8,10-11H2,1H3,(H,20,21). The summed E-state index contributed by atoms with van der Waals surface area (Å²) in [7, 11) is -3.10. The molecule has 1 N–H and O–H groups in total. The van der Waals surface area contributed by atoms with E-state index in [0.29, 0.717) is 24.3 Å². The molecule has 1 unspecified atom stereocenters. The summed E-state index contributed by atoms with van der Waals surface area (Å²) in [4.78, 5) is 25.5. The van der Waals surface area contributed by atoms with Crippen LogP contribution in [-0.2, 0) is 14.6 Å². The summed E-state index contributed by atoms with van der Waals surface area (Å²) < 4.78 is 34.4. The highest BCUT2D eigenvalue weighted by atomic mass is 32.2. The van der Waals surface area contributed by atoms with Crippen molar-refractivity contribution in [2.75, 3.05) is 24.7 Å². The van der Waals surface area contributed by atoms with E-state index in [0.717, 1.165) is 12.8 Å². The number of carbonyl (C=O) groups excluding carboxylic acids is 1. The van der Waals surface area contributed by atoms with Crippen molar-refractivity contribution in [3.63, 3.8) is 0 Å². The molecular weight excluding hydrogens is 374 g/mol. The molecule has 9 heteroatoms. The Hall–Kier alpha value is -2.29. The van der Waals surface area contributed by atoms with Crippen LogP contribution >= 0.6 is 0 Å². The predicted molar refractivity (Wildman–Crippen MR) is 97.0 cm³/mol. The number of sulfone groups is 1. The highest BCUT2D eigenvalue weighted by Gasteiger charge is 2.42. The van der Waals surface area contributed by atoms with Crippen LogP contribution in [0.1, 0.15) is 36.5 Å². The maximum absolute atomic E-state index is 13.1. The molecule has 1 aliphatic heterocycles. The van der Waals surface area contributed by atoms with Crippen molar-refractivity contribution in [2.45, 2.75) is 38.3 Å². The lowest BCUT2D eigenvalue weighted by molar-refractivity contribution is -0.139. The van der Waals surface area contributed by atoms with E-state index in [2.05, 4.69) is 0 Å². The lowest BCUT2D eigenvalue weighted by atomic mass is 10.1. The smallest absolute Gasteiger partial charge is 0.341 e. The number of hydrogen-bond acceptors (Lipinski definition) is 6. The quantitative estimate of drug-likeness (QED) is 0.705. The lowest BCUT2D eigenvalue weighted by Gasteiger charge is -2.28. The van der Waals surface area contributed by atoms with Crippen molar-refractivity contribution in [3.05, 3.63) is 23.8 Å². The maximum atomic E-state index is 13.1. The predicted octanol–water partition coefficient (Wildman–Crippen LogP) is 1.34. The van der Waals surface area contributed by atoms with Crippen LogP contribution < -0.4 is 9.47 Å². The van der Waals surface area contributed by atoms with Crippen LogP contribution in [0, 0.1) is 0 Å². The summed E-state index contributed by atoms with van der Waals surface area (Å²) >= 11 is 0. The maximum Gasteiger partial charge on any atom is 0.341 e. The van der Waals surface area contributed by atoms with Gasteiger partial charge in [0.25, 0.3) is 5.91 Å². The van der Waals surface area contributed by atoms with Gasteiger partial charge in [-0.25, -0.2) is 13.2 Å². The molecule has 2 fully saturated rings. The van der Waals surface area contributed by atoms with Gasteiger partial charge >= 0.3 is 5.97 Å². The number of hydrogen-bond donors (Lipinski definition) is 1. The Kier molecular flexibility index (Phi) is 5.59. The zero-order chi connectivity index (χ0) is 19.6. The van der Waals surface area contributed by atoms with Gasteiger partial charge in [-0.3, -0.25) is 4.79 Å². The van der Waals surface area contributed by atoms with Gasteiger partial charge in [-0.1, -0.05) is 0 Å². The van der Waals surface area contributed by atoms with Gasteiger partial charge in [-0.05, 0) is 44.4 Å². The molecule has 1 atom stereocenters. The SMILES string of the molecule is CCOc1cc(C(=O)N(C2CC2)C2CCS(=O)(=O)C2)ccc1OCC(=O)O. The minimum absolute atomic E-state index is 0.00730. The number of carbonyl (C=O) groups is 2. The van der Waals surface area contributed by atoms with Crippen LogP contribution in [0.25, 0.3) is 0 Å². The summed E-state index contributed by atoms with van der Waals surface area (Å²) in [6, 6.07) is 4.38. The molecule has 1 saturated carbocycles. The number of rotatable bonds is 8. The first kappa shape index (κ1) is 19.5. The number of carboxylic acid groups (broad SMARTS) is 1. The van der Waals surface area contributed by atoms with Crippen LogP contribution in [-0.4, -0.2) is 67.1 Å². The largest absolute Gasteiger partial charge is 0.490 e. The second-order valence-electron chi connectivity index (χ2n) is 6.78. The highest BCUT2D eigenvalue weighted by Crippen LogP contribution is 2.35. The Bertz CT molecular complexity index is 832. The normalized spacial score (nSPS) is 20.9. The second-order valence-corrected chi connectivity index (χ2v) is 9.01. The van der Waals surface area contributed by atoms with Crippen LogP contribution in [0.15, 0.2) is 18.2 Å². The van der Waals surface area contributed by atoms with Gasteiger partial charge in [0.15, 0.2) is 27.9 Å². The van der Waals surface area contributed by atoms with Crippen LogP contribution in [0.4, 0.5) is 0 Å². The fourth-order valence-electron chi connectivity index (χ4n) is 3.29. The molecule has 0 spiro atoms. The highest BCUT2D eigenvalue weighted by molar-refractivity contribution is 7.91. The Labute approximate surface area is 158 Å². The number of carboxylic acids is 1. The fourth-order valence-corrected chi connectivity index (χ4v) is 5.01. The fraction of sp³-hybridized carbons (Fsp3) is 0.556. The van der Waals surface area contributed by atoms with E-state index in [4.69, 9.17) is 14.6 Å². The molecule has 0 radical (unpaired) electrons. The van der Waals surface area contributed by atoms with Gasteiger partial charge in [0.1, 0.15) is 0 Å². The molecule has 27 heavy (non-hydrogen) atoms. The summed E-state index contributed by atoms with van der Waals surface area (Å²) in [5.41, 5.74) is 0.373. The zero-order valence-corrected chi connectivity index (χ0v) is 15.9. The third-order valence-electron chi connectivity index (χ3n) is 4.62. The second kappa shape index (κ2) is 7.75. The molecule has 0 bridgehead atoms. The van der Waals surface area contributed by atoms with Crippen molar-refractivity contribution < 1.29 is 32.6 Å². The molecule has 0 aromatic heterocycles. The molecule has 3 rings (SSSR count). The van der Waals surface area contributed by atoms with Crippen LogP contribution in [0.3, 0.4) is 0 Å². The zero-order valence-electron chi connectivity index (χ0n) is 15.1. The average molecular weight is 397 g/mol. The van der Waals surface area contributed by atoms with Gasteiger partial charge in [0, 0.05) is 17.6 Å². The summed E-state index contributed by atoms with van der Waals surface area (Å²) in [6.45, 7) is 1.59. The van der Waals surface area contributed by atoms with Crippen LogP contribution in [0.2, 0.25) is 0 Å². The van der Waals surface area contributed by atoms with Gasteiger partial charge in [0.2, 0.25) is 0 Å². The number of amides is 1. The Balaban J connectivity index is 1.83.